The first kappa shape index (κ1) is 29.8. The minimum absolute atomic E-state index is 0.00527. The number of carbonyl (C=O) groups is 2. The molecule has 4 heterocycles. The molecule has 0 bridgehead atoms. The monoisotopic (exact) mass is 600 g/mol. The molecular weight excluding hydrogens is 560 g/mol. The van der Waals surface area contributed by atoms with E-state index in [0.717, 1.165) is 61.7 Å². The lowest BCUT2D eigenvalue weighted by atomic mass is 10.0. The number of amides is 3. The number of carbonyl (C=O) groups excluding carboxylic acids is 2. The minimum Gasteiger partial charge on any atom is -0.395 e. The number of aliphatic hydroxyl groups is 1. The Hall–Kier alpha value is -4.26. The molecule has 44 heavy (non-hydrogen) atoms. The smallest absolute Gasteiger partial charge is 0.323 e. The number of ether oxygens (including phenoxy) is 1. The summed E-state index contributed by atoms with van der Waals surface area (Å²) in [7, 11) is 4.16. The van der Waals surface area contributed by atoms with Crippen molar-refractivity contribution in [2.24, 2.45) is 0 Å². The molecule has 0 aliphatic carbocycles. The van der Waals surface area contributed by atoms with Crippen molar-refractivity contribution in [2.75, 3.05) is 80.9 Å². The fourth-order valence-electron chi connectivity index (χ4n) is 6.15. The quantitative estimate of drug-likeness (QED) is 0.308. The maximum Gasteiger partial charge on any atom is 0.323 e. The van der Waals surface area contributed by atoms with Gasteiger partial charge in [0, 0.05) is 66.7 Å². The van der Waals surface area contributed by atoms with Gasteiger partial charge in [0.05, 0.1) is 25.9 Å². The largest absolute Gasteiger partial charge is 0.395 e. The predicted octanol–water partition coefficient (Wildman–Crippen LogP) is 3.12. The molecule has 6 rings (SSSR count). The van der Waals surface area contributed by atoms with E-state index in [1.165, 1.54) is 0 Å². The lowest BCUT2D eigenvalue weighted by molar-refractivity contribution is 0.0663. The SMILES string of the molecule is CN(C)C1CCN(C(=O)c2ccc(NC(=O)Nc3ccc(-c4nc(NCCO)c5c(n4)N4CCOC[C@H]4C5)cc3)cc2)CC1. The van der Waals surface area contributed by atoms with Crippen LogP contribution in [0.1, 0.15) is 28.8 Å². The van der Waals surface area contributed by atoms with E-state index in [9.17, 15) is 14.7 Å². The lowest BCUT2D eigenvalue weighted by Gasteiger charge is -2.35. The van der Waals surface area contributed by atoms with Crippen molar-refractivity contribution in [3.63, 3.8) is 0 Å². The molecule has 0 saturated carbocycles. The number of nitrogens with zero attached hydrogens (tertiary/aromatic N) is 5. The van der Waals surface area contributed by atoms with Crippen LogP contribution in [0.15, 0.2) is 48.5 Å². The van der Waals surface area contributed by atoms with Crippen LogP contribution in [0.25, 0.3) is 11.4 Å². The number of nitrogens with one attached hydrogen (secondary N) is 3. The number of benzene rings is 2. The number of aliphatic hydroxyl groups excluding tert-OH is 1. The average molecular weight is 601 g/mol. The molecule has 2 fully saturated rings. The van der Waals surface area contributed by atoms with E-state index in [4.69, 9.17) is 14.7 Å². The predicted molar refractivity (Wildman–Crippen MR) is 170 cm³/mol. The Balaban J connectivity index is 1.07. The van der Waals surface area contributed by atoms with Gasteiger partial charge in [-0.2, -0.15) is 0 Å². The third-order valence-electron chi connectivity index (χ3n) is 8.60. The summed E-state index contributed by atoms with van der Waals surface area (Å²) in [6.07, 6.45) is 2.74. The van der Waals surface area contributed by atoms with Crippen molar-refractivity contribution >= 4 is 34.9 Å². The Labute approximate surface area is 257 Å². The molecule has 1 atom stereocenters. The van der Waals surface area contributed by atoms with Gasteiger partial charge in [0.1, 0.15) is 11.6 Å². The van der Waals surface area contributed by atoms with Crippen molar-refractivity contribution in [3.05, 3.63) is 59.7 Å². The van der Waals surface area contributed by atoms with Crippen LogP contribution in [-0.2, 0) is 11.2 Å². The van der Waals surface area contributed by atoms with Crippen LogP contribution in [0.3, 0.4) is 0 Å². The van der Waals surface area contributed by atoms with Crippen molar-refractivity contribution in [2.45, 2.75) is 31.3 Å². The van der Waals surface area contributed by atoms with Crippen LogP contribution in [0.2, 0.25) is 0 Å². The molecule has 0 radical (unpaired) electrons. The number of hydrogen-bond donors (Lipinski definition) is 4. The summed E-state index contributed by atoms with van der Waals surface area (Å²) in [5.41, 5.74) is 3.69. The fraction of sp³-hybridized carbons (Fsp3) is 0.438. The molecule has 3 aliphatic rings. The molecule has 12 nitrogen and oxygen atoms in total. The van der Waals surface area contributed by atoms with Gasteiger partial charge in [-0.1, -0.05) is 0 Å². The Morgan fingerprint density at radius 2 is 1.66 bits per heavy atom. The number of aromatic nitrogens is 2. The van der Waals surface area contributed by atoms with Crippen LogP contribution in [-0.4, -0.2) is 109 Å². The van der Waals surface area contributed by atoms with Crippen molar-refractivity contribution in [1.82, 2.24) is 19.8 Å². The van der Waals surface area contributed by atoms with E-state index in [1.807, 2.05) is 29.2 Å². The number of urea groups is 1. The van der Waals surface area contributed by atoms with Gasteiger partial charge in [-0.15, -0.1) is 0 Å². The van der Waals surface area contributed by atoms with Gasteiger partial charge in [0.2, 0.25) is 0 Å². The zero-order valence-electron chi connectivity index (χ0n) is 25.3. The number of hydrogen-bond acceptors (Lipinski definition) is 9. The Kier molecular flexibility index (Phi) is 8.91. The van der Waals surface area contributed by atoms with Crippen molar-refractivity contribution in [1.29, 1.82) is 0 Å². The molecule has 2 saturated heterocycles. The zero-order valence-corrected chi connectivity index (χ0v) is 25.3. The van der Waals surface area contributed by atoms with E-state index in [-0.39, 0.29) is 24.6 Å². The first-order valence-electron chi connectivity index (χ1n) is 15.2. The summed E-state index contributed by atoms with van der Waals surface area (Å²) in [6, 6.07) is 14.7. The molecule has 232 valence electrons. The third-order valence-corrected chi connectivity index (χ3v) is 8.60. The topological polar surface area (TPSA) is 135 Å². The van der Waals surface area contributed by atoms with E-state index in [1.54, 1.807) is 24.3 Å². The van der Waals surface area contributed by atoms with E-state index < -0.39 is 0 Å². The van der Waals surface area contributed by atoms with Gasteiger partial charge in [-0.05, 0) is 75.5 Å². The first-order chi connectivity index (χ1) is 21.4. The Morgan fingerprint density at radius 1 is 0.977 bits per heavy atom. The summed E-state index contributed by atoms with van der Waals surface area (Å²) in [5.74, 6) is 2.24. The van der Waals surface area contributed by atoms with Crippen LogP contribution in [0.4, 0.5) is 27.8 Å². The van der Waals surface area contributed by atoms with Gasteiger partial charge < -0.3 is 40.5 Å². The summed E-state index contributed by atoms with van der Waals surface area (Å²) in [6.45, 7) is 4.00. The lowest BCUT2D eigenvalue weighted by Crippen LogP contribution is -2.44. The molecule has 0 spiro atoms. The number of fused-ring (bicyclic) bond motifs is 3. The van der Waals surface area contributed by atoms with Crippen LogP contribution < -0.4 is 20.9 Å². The second-order valence-electron chi connectivity index (χ2n) is 11.7. The molecule has 12 heteroatoms. The van der Waals surface area contributed by atoms with Crippen LogP contribution in [0.5, 0.6) is 0 Å². The molecule has 4 N–H and O–H groups in total. The van der Waals surface area contributed by atoms with Gasteiger partial charge in [-0.25, -0.2) is 14.8 Å². The fourth-order valence-corrected chi connectivity index (χ4v) is 6.15. The Bertz CT molecular complexity index is 1470. The first-order valence-corrected chi connectivity index (χ1v) is 15.2. The number of piperidine rings is 1. The normalized spacial score (nSPS) is 18.1. The van der Waals surface area contributed by atoms with Gasteiger partial charge in [-0.3, -0.25) is 4.79 Å². The third kappa shape index (κ3) is 6.47. The zero-order chi connectivity index (χ0) is 30.6. The highest BCUT2D eigenvalue weighted by molar-refractivity contribution is 6.00. The van der Waals surface area contributed by atoms with E-state index in [2.05, 4.69) is 39.8 Å². The molecule has 1 aromatic heterocycles. The molecule has 3 aromatic rings. The standard InChI is InChI=1S/C32H40N8O4/c1-38(2)25-11-14-39(15-12-25)31(42)22-5-9-24(10-6-22)35-32(43)34-23-7-3-21(4-8-23)28-36-29(33-13-17-41)27-19-26-20-44-18-16-40(26)30(27)37-28/h3-10,25-26,41H,11-20H2,1-2H3,(H,33,36,37)(H2,34,35,43)/t26-/m1/s1. The van der Waals surface area contributed by atoms with Gasteiger partial charge in [0.25, 0.3) is 5.91 Å². The number of rotatable bonds is 8. The van der Waals surface area contributed by atoms with Gasteiger partial charge in [0.15, 0.2) is 5.82 Å². The Morgan fingerprint density at radius 3 is 2.32 bits per heavy atom. The minimum atomic E-state index is -0.384. The molecule has 0 unspecified atom stereocenters. The molecule has 3 aliphatic heterocycles. The maximum atomic E-state index is 12.9. The highest BCUT2D eigenvalue weighted by atomic mass is 16.5. The van der Waals surface area contributed by atoms with Gasteiger partial charge >= 0.3 is 6.03 Å². The van der Waals surface area contributed by atoms with Crippen LogP contribution >= 0.6 is 0 Å². The summed E-state index contributed by atoms with van der Waals surface area (Å²) >= 11 is 0. The number of morpholine rings is 1. The van der Waals surface area contributed by atoms with E-state index >= 15 is 0 Å². The molecular formula is C32H40N8O4. The van der Waals surface area contributed by atoms with E-state index in [0.29, 0.717) is 48.6 Å². The highest BCUT2D eigenvalue weighted by Crippen LogP contribution is 2.37. The van der Waals surface area contributed by atoms with Crippen LogP contribution in [0, 0.1) is 0 Å². The number of anilines is 4. The maximum absolute atomic E-state index is 12.9. The summed E-state index contributed by atoms with van der Waals surface area (Å²) in [5, 5.41) is 18.3. The van der Waals surface area contributed by atoms with Crippen molar-refractivity contribution < 1.29 is 19.4 Å². The number of likely N-dealkylation sites (tertiary alicyclic amines) is 1. The molecule has 2 aromatic carbocycles. The second-order valence-corrected chi connectivity index (χ2v) is 11.7. The highest BCUT2D eigenvalue weighted by Gasteiger charge is 2.36. The summed E-state index contributed by atoms with van der Waals surface area (Å²) in [4.78, 5) is 41.8. The van der Waals surface area contributed by atoms with Crippen molar-refractivity contribution in [3.8, 4) is 11.4 Å². The molecule has 3 amide bonds. The second kappa shape index (κ2) is 13.2. The summed E-state index contributed by atoms with van der Waals surface area (Å²) < 4.78 is 5.67. The average Bonchev–Trinajstić information content (AvgIpc) is 3.43.